The summed E-state index contributed by atoms with van der Waals surface area (Å²) < 4.78 is 4.94. The number of carbonyl (C=O) groups is 1. The second-order valence-corrected chi connectivity index (χ2v) is 4.17. The molecule has 0 saturated heterocycles. The number of benzene rings is 1. The van der Waals surface area contributed by atoms with Gasteiger partial charge in [0.2, 0.25) is 0 Å². The number of aromatic hydroxyl groups is 1. The van der Waals surface area contributed by atoms with Crippen LogP contribution < -0.4 is 5.63 Å². The van der Waals surface area contributed by atoms with E-state index >= 15 is 0 Å². The number of fused-ring (bicyclic) bond motifs is 1. The van der Waals surface area contributed by atoms with E-state index in [1.54, 1.807) is 12.1 Å². The molecule has 0 aliphatic carbocycles. The highest BCUT2D eigenvalue weighted by Gasteiger charge is 2.06. The number of rotatable bonds is 3. The van der Waals surface area contributed by atoms with Gasteiger partial charge in [-0.15, -0.1) is 0 Å². The highest BCUT2D eigenvalue weighted by molar-refractivity contribution is 5.86. The number of aliphatic carboxylic acids is 1. The molecule has 2 rings (SSSR count). The van der Waals surface area contributed by atoms with Gasteiger partial charge in [0, 0.05) is 23.1 Å². The highest BCUT2D eigenvalue weighted by atomic mass is 16.4. The van der Waals surface area contributed by atoms with Crippen LogP contribution in [0, 0.1) is 0 Å². The Balaban J connectivity index is 2.42. The van der Waals surface area contributed by atoms with Crippen LogP contribution in [0.3, 0.4) is 0 Å². The highest BCUT2D eigenvalue weighted by Crippen LogP contribution is 2.25. The Morgan fingerprint density at radius 2 is 2.11 bits per heavy atom. The summed E-state index contributed by atoms with van der Waals surface area (Å²) in [4.78, 5) is 21.7. The Morgan fingerprint density at radius 3 is 2.79 bits per heavy atom. The molecule has 5 nitrogen and oxygen atoms in total. The number of phenolic OH excluding ortho intramolecular Hbond substituents is 1. The predicted molar refractivity (Wildman–Crippen MR) is 69.2 cm³/mol. The molecule has 2 aromatic rings. The molecule has 5 heteroatoms. The van der Waals surface area contributed by atoms with E-state index in [1.165, 1.54) is 25.1 Å². The number of allylic oxidation sites excluding steroid dienone is 1. The van der Waals surface area contributed by atoms with Crippen LogP contribution in [-0.2, 0) is 11.2 Å². The zero-order valence-electron chi connectivity index (χ0n) is 10.2. The van der Waals surface area contributed by atoms with Gasteiger partial charge >= 0.3 is 11.6 Å². The molecule has 98 valence electrons. The minimum absolute atomic E-state index is 0.0312. The minimum atomic E-state index is -0.994. The van der Waals surface area contributed by atoms with Crippen LogP contribution in [0.5, 0.6) is 5.75 Å². The van der Waals surface area contributed by atoms with Gasteiger partial charge in [0.25, 0.3) is 0 Å². The summed E-state index contributed by atoms with van der Waals surface area (Å²) in [5.74, 6) is -1.03. The Bertz CT molecular complexity index is 724. The van der Waals surface area contributed by atoms with Crippen LogP contribution in [0.1, 0.15) is 12.5 Å². The largest absolute Gasteiger partial charge is 0.508 e. The van der Waals surface area contributed by atoms with E-state index in [2.05, 4.69) is 0 Å². The van der Waals surface area contributed by atoms with Crippen molar-refractivity contribution >= 4 is 16.9 Å². The molecule has 0 radical (unpaired) electrons. The monoisotopic (exact) mass is 260 g/mol. The maximum absolute atomic E-state index is 11.0. The van der Waals surface area contributed by atoms with Crippen molar-refractivity contribution in [1.82, 2.24) is 0 Å². The Morgan fingerprint density at radius 1 is 1.37 bits per heavy atom. The van der Waals surface area contributed by atoms with Gasteiger partial charge in [-0.25, -0.2) is 9.59 Å². The fourth-order valence-electron chi connectivity index (χ4n) is 1.67. The molecule has 1 heterocycles. The van der Waals surface area contributed by atoms with Crippen LogP contribution >= 0.6 is 0 Å². The third-order valence-electron chi connectivity index (χ3n) is 2.79. The van der Waals surface area contributed by atoms with Crippen molar-refractivity contribution in [2.24, 2.45) is 0 Å². The van der Waals surface area contributed by atoms with Crippen LogP contribution in [0.2, 0.25) is 0 Å². The first kappa shape index (κ1) is 12.9. The van der Waals surface area contributed by atoms with Gasteiger partial charge in [-0.1, -0.05) is 6.08 Å². The number of carboxylic acid groups (broad SMARTS) is 1. The molecular formula is C14H12O5. The Kier molecular flexibility index (Phi) is 3.37. The first-order chi connectivity index (χ1) is 8.97. The maximum Gasteiger partial charge on any atom is 0.336 e. The van der Waals surface area contributed by atoms with Crippen LogP contribution in [0.25, 0.3) is 11.0 Å². The minimum Gasteiger partial charge on any atom is -0.508 e. The first-order valence-electron chi connectivity index (χ1n) is 5.63. The van der Waals surface area contributed by atoms with Crippen molar-refractivity contribution in [3.63, 3.8) is 0 Å². The van der Waals surface area contributed by atoms with E-state index in [0.717, 1.165) is 0 Å². The van der Waals surface area contributed by atoms with Gasteiger partial charge in [0.1, 0.15) is 11.3 Å². The number of carboxylic acids is 1. The Labute approximate surface area is 108 Å². The molecule has 0 fully saturated rings. The van der Waals surface area contributed by atoms with Crippen molar-refractivity contribution in [2.45, 2.75) is 13.3 Å². The molecule has 0 amide bonds. The molecule has 19 heavy (non-hydrogen) atoms. The maximum atomic E-state index is 11.0. The number of hydrogen-bond acceptors (Lipinski definition) is 4. The van der Waals surface area contributed by atoms with Crippen molar-refractivity contribution in [3.8, 4) is 5.75 Å². The van der Waals surface area contributed by atoms with E-state index in [1.807, 2.05) is 0 Å². The lowest BCUT2D eigenvalue weighted by molar-refractivity contribution is -0.132. The molecule has 0 aliphatic heterocycles. The average Bonchev–Trinajstić information content (AvgIpc) is 2.35. The summed E-state index contributed by atoms with van der Waals surface area (Å²) in [7, 11) is 0. The lowest BCUT2D eigenvalue weighted by Crippen LogP contribution is -1.97. The van der Waals surface area contributed by atoms with E-state index < -0.39 is 11.6 Å². The molecular weight excluding hydrogens is 248 g/mol. The fraction of sp³-hybridized carbons (Fsp3) is 0.143. The summed E-state index contributed by atoms with van der Waals surface area (Å²) >= 11 is 0. The fourth-order valence-corrected chi connectivity index (χ4v) is 1.67. The van der Waals surface area contributed by atoms with Crippen molar-refractivity contribution in [2.75, 3.05) is 0 Å². The predicted octanol–water partition coefficient (Wildman–Crippen LogP) is 2.07. The van der Waals surface area contributed by atoms with E-state index in [0.29, 0.717) is 23.0 Å². The quantitative estimate of drug-likeness (QED) is 0.651. The molecule has 0 atom stereocenters. The summed E-state index contributed by atoms with van der Waals surface area (Å²) in [5, 5.41) is 19.2. The lowest BCUT2D eigenvalue weighted by Gasteiger charge is -2.04. The van der Waals surface area contributed by atoms with Gasteiger partial charge < -0.3 is 14.6 Å². The van der Waals surface area contributed by atoms with E-state index in [4.69, 9.17) is 9.52 Å². The number of hydrogen-bond donors (Lipinski definition) is 2. The zero-order chi connectivity index (χ0) is 14.0. The Hall–Kier alpha value is -2.56. The van der Waals surface area contributed by atoms with E-state index in [9.17, 15) is 14.7 Å². The van der Waals surface area contributed by atoms with Crippen LogP contribution in [0.15, 0.2) is 45.1 Å². The topological polar surface area (TPSA) is 87.7 Å². The summed E-state index contributed by atoms with van der Waals surface area (Å²) in [5.41, 5.74) is 0.593. The third kappa shape index (κ3) is 2.82. The molecule has 0 spiro atoms. The van der Waals surface area contributed by atoms with Gasteiger partial charge in [-0.05, 0) is 31.0 Å². The second kappa shape index (κ2) is 4.97. The van der Waals surface area contributed by atoms with Crippen LogP contribution in [0.4, 0.5) is 0 Å². The van der Waals surface area contributed by atoms with Gasteiger partial charge in [-0.2, -0.15) is 0 Å². The molecule has 0 aliphatic rings. The molecule has 0 unspecified atom stereocenters. The lowest BCUT2D eigenvalue weighted by atomic mass is 10.1. The first-order valence-corrected chi connectivity index (χ1v) is 5.63. The smallest absolute Gasteiger partial charge is 0.336 e. The SMILES string of the molecule is C/C(=C/Cc1cc2ccc(=O)oc2cc1O)C(=O)O. The molecule has 1 aromatic heterocycles. The van der Waals surface area contributed by atoms with Crippen LogP contribution in [-0.4, -0.2) is 16.2 Å². The molecule has 0 saturated carbocycles. The second-order valence-electron chi connectivity index (χ2n) is 4.17. The van der Waals surface area contributed by atoms with Gasteiger partial charge in [-0.3, -0.25) is 0 Å². The van der Waals surface area contributed by atoms with Gasteiger partial charge in [0.05, 0.1) is 0 Å². The standard InChI is InChI=1S/C14H12O5/c1-8(14(17)18)2-3-9-6-10-4-5-13(16)19-12(10)7-11(9)15/h2,4-7,15H,3H2,1H3,(H,17,18)/b8-2-. The van der Waals surface area contributed by atoms with Crippen molar-refractivity contribution in [1.29, 1.82) is 0 Å². The number of phenols is 1. The molecule has 2 N–H and O–H groups in total. The van der Waals surface area contributed by atoms with Crippen molar-refractivity contribution < 1.29 is 19.4 Å². The summed E-state index contributed by atoms with van der Waals surface area (Å²) in [6.07, 6.45) is 1.81. The zero-order valence-corrected chi connectivity index (χ0v) is 10.2. The third-order valence-corrected chi connectivity index (χ3v) is 2.79. The van der Waals surface area contributed by atoms with E-state index in [-0.39, 0.29) is 11.3 Å². The van der Waals surface area contributed by atoms with Gasteiger partial charge in [0.15, 0.2) is 0 Å². The average molecular weight is 260 g/mol. The summed E-state index contributed by atoms with van der Waals surface area (Å²) in [6, 6.07) is 5.91. The van der Waals surface area contributed by atoms with Crippen molar-refractivity contribution in [3.05, 3.63) is 51.9 Å². The summed E-state index contributed by atoms with van der Waals surface area (Å²) in [6.45, 7) is 1.49. The molecule has 0 bridgehead atoms. The normalized spacial score (nSPS) is 11.7. The molecule has 1 aromatic carbocycles.